The SMILES string of the molecule is CC[C@H](C)N(Cc1cccc(OS(=O)(=O)CC)c1)C(=O)C(c1ccccc1)c1ccccc1. The average molecular weight is 466 g/mol. The second kappa shape index (κ2) is 11.1. The van der Waals surface area contributed by atoms with Crippen molar-refractivity contribution in [3.8, 4) is 5.75 Å². The van der Waals surface area contributed by atoms with Crippen LogP contribution in [0.15, 0.2) is 84.9 Å². The molecule has 6 heteroatoms. The first-order valence-corrected chi connectivity index (χ1v) is 12.8. The molecule has 3 aromatic carbocycles. The molecule has 1 amide bonds. The largest absolute Gasteiger partial charge is 0.382 e. The first-order chi connectivity index (χ1) is 15.8. The maximum Gasteiger partial charge on any atom is 0.308 e. The summed E-state index contributed by atoms with van der Waals surface area (Å²) in [7, 11) is -3.62. The maximum absolute atomic E-state index is 14.0. The van der Waals surface area contributed by atoms with Gasteiger partial charge < -0.3 is 9.08 Å². The smallest absolute Gasteiger partial charge is 0.308 e. The zero-order valence-electron chi connectivity index (χ0n) is 19.3. The number of amides is 1. The Morgan fingerprint density at radius 2 is 1.45 bits per heavy atom. The van der Waals surface area contributed by atoms with Crippen LogP contribution in [0.1, 0.15) is 49.8 Å². The van der Waals surface area contributed by atoms with Gasteiger partial charge in [-0.25, -0.2) is 0 Å². The van der Waals surface area contributed by atoms with E-state index in [-0.39, 0.29) is 23.5 Å². The first-order valence-electron chi connectivity index (χ1n) is 11.3. The van der Waals surface area contributed by atoms with Gasteiger partial charge in [0.2, 0.25) is 5.91 Å². The summed E-state index contributed by atoms with van der Waals surface area (Å²) in [4.78, 5) is 15.9. The van der Waals surface area contributed by atoms with Gasteiger partial charge in [0.1, 0.15) is 5.75 Å². The molecule has 0 unspecified atom stereocenters. The fourth-order valence-electron chi connectivity index (χ4n) is 3.70. The lowest BCUT2D eigenvalue weighted by atomic mass is 9.89. The molecule has 0 aliphatic rings. The fraction of sp³-hybridized carbons (Fsp3) is 0.296. The van der Waals surface area contributed by atoms with Crippen LogP contribution in [0.5, 0.6) is 5.75 Å². The highest BCUT2D eigenvalue weighted by Gasteiger charge is 2.30. The van der Waals surface area contributed by atoms with Crippen molar-refractivity contribution in [2.24, 2.45) is 0 Å². The van der Waals surface area contributed by atoms with Gasteiger partial charge in [0.25, 0.3) is 0 Å². The summed E-state index contributed by atoms with van der Waals surface area (Å²) in [6, 6.07) is 26.5. The van der Waals surface area contributed by atoms with Crippen molar-refractivity contribution >= 4 is 16.0 Å². The van der Waals surface area contributed by atoms with Crippen LogP contribution in [0.2, 0.25) is 0 Å². The average Bonchev–Trinajstić information content (AvgIpc) is 2.83. The Bertz CT molecular complexity index is 1110. The first kappa shape index (κ1) is 24.5. The summed E-state index contributed by atoms with van der Waals surface area (Å²) >= 11 is 0. The topological polar surface area (TPSA) is 63.7 Å². The fourth-order valence-corrected chi connectivity index (χ4v) is 4.22. The number of carbonyl (C=O) groups excluding carboxylic acids is 1. The van der Waals surface area contributed by atoms with Crippen molar-refractivity contribution in [1.82, 2.24) is 4.90 Å². The number of nitrogens with zero attached hydrogens (tertiary/aromatic N) is 1. The molecule has 0 saturated carbocycles. The van der Waals surface area contributed by atoms with Crippen LogP contribution in [-0.4, -0.2) is 31.0 Å². The molecular formula is C27H31NO4S. The van der Waals surface area contributed by atoms with Gasteiger partial charge in [-0.1, -0.05) is 79.7 Å². The number of carbonyl (C=O) groups is 1. The molecule has 0 radical (unpaired) electrons. The molecule has 0 fully saturated rings. The quantitative estimate of drug-likeness (QED) is 0.378. The van der Waals surface area contributed by atoms with E-state index >= 15 is 0 Å². The van der Waals surface area contributed by atoms with Gasteiger partial charge in [0.15, 0.2) is 0 Å². The second-order valence-corrected chi connectivity index (χ2v) is 9.91. The number of hydrogen-bond donors (Lipinski definition) is 0. The van der Waals surface area contributed by atoms with E-state index in [0.717, 1.165) is 23.1 Å². The summed E-state index contributed by atoms with van der Waals surface area (Å²) < 4.78 is 28.9. The Morgan fingerprint density at radius 3 is 1.97 bits per heavy atom. The standard InChI is InChI=1S/C27H31NO4S/c1-4-21(3)28(20-22-13-12-18-25(19-22)32-33(30,31)5-2)27(29)26(23-14-8-6-9-15-23)24-16-10-7-11-17-24/h6-19,21,26H,4-5,20H2,1-3H3/t21-/m0/s1. The van der Waals surface area contributed by atoms with Gasteiger partial charge in [0.05, 0.1) is 11.7 Å². The highest BCUT2D eigenvalue weighted by atomic mass is 32.2. The van der Waals surface area contributed by atoms with Gasteiger partial charge in [-0.3, -0.25) is 4.79 Å². The Kier molecular flexibility index (Phi) is 8.28. The van der Waals surface area contributed by atoms with Gasteiger partial charge in [0, 0.05) is 12.6 Å². The third-order valence-electron chi connectivity index (χ3n) is 5.75. The summed E-state index contributed by atoms with van der Waals surface area (Å²) in [6.45, 7) is 5.98. The monoisotopic (exact) mass is 465 g/mol. The van der Waals surface area contributed by atoms with E-state index in [9.17, 15) is 13.2 Å². The van der Waals surface area contributed by atoms with Crippen LogP contribution >= 0.6 is 0 Å². The minimum Gasteiger partial charge on any atom is -0.382 e. The Labute approximate surface area is 197 Å². The van der Waals surface area contributed by atoms with Gasteiger partial charge in [-0.15, -0.1) is 0 Å². The predicted octanol–water partition coefficient (Wildman–Crippen LogP) is 5.37. The van der Waals surface area contributed by atoms with Crippen molar-refractivity contribution in [3.05, 3.63) is 102 Å². The van der Waals surface area contributed by atoms with Crippen molar-refractivity contribution in [2.45, 2.75) is 45.7 Å². The van der Waals surface area contributed by atoms with Gasteiger partial charge in [-0.05, 0) is 49.1 Å². The number of benzene rings is 3. The molecule has 0 aromatic heterocycles. The molecular weight excluding hydrogens is 434 g/mol. The second-order valence-electron chi connectivity index (χ2n) is 8.05. The molecule has 0 spiro atoms. The minimum absolute atomic E-state index is 0.00336. The van der Waals surface area contributed by atoms with E-state index in [2.05, 4.69) is 6.92 Å². The molecule has 0 heterocycles. The lowest BCUT2D eigenvalue weighted by molar-refractivity contribution is -0.134. The lowest BCUT2D eigenvalue weighted by Gasteiger charge is -2.33. The van der Waals surface area contributed by atoms with E-state index in [4.69, 9.17) is 4.18 Å². The summed E-state index contributed by atoms with van der Waals surface area (Å²) in [5.74, 6) is -0.269. The molecule has 0 aliphatic carbocycles. The van der Waals surface area contributed by atoms with Crippen molar-refractivity contribution in [1.29, 1.82) is 0 Å². The molecule has 0 bridgehead atoms. The molecule has 1 atom stereocenters. The van der Waals surface area contributed by atoms with Gasteiger partial charge >= 0.3 is 10.1 Å². The van der Waals surface area contributed by atoms with Crippen LogP contribution in [-0.2, 0) is 21.5 Å². The van der Waals surface area contributed by atoms with E-state index in [1.54, 1.807) is 18.2 Å². The lowest BCUT2D eigenvalue weighted by Crippen LogP contribution is -2.41. The Hall–Kier alpha value is -3.12. The Morgan fingerprint density at radius 1 is 0.879 bits per heavy atom. The summed E-state index contributed by atoms with van der Waals surface area (Å²) in [6.07, 6.45) is 0.794. The van der Waals surface area contributed by atoms with Crippen molar-refractivity contribution in [3.63, 3.8) is 0 Å². The van der Waals surface area contributed by atoms with E-state index in [1.165, 1.54) is 6.92 Å². The van der Waals surface area contributed by atoms with Gasteiger partial charge in [-0.2, -0.15) is 8.42 Å². The molecule has 3 rings (SSSR count). The summed E-state index contributed by atoms with van der Waals surface area (Å²) in [5.41, 5.74) is 2.69. The third kappa shape index (κ3) is 6.45. The molecule has 0 aliphatic heterocycles. The normalized spacial score (nSPS) is 12.4. The molecule has 174 valence electrons. The van der Waals surface area contributed by atoms with Crippen LogP contribution in [0.25, 0.3) is 0 Å². The number of rotatable bonds is 10. The van der Waals surface area contributed by atoms with E-state index in [1.807, 2.05) is 78.6 Å². The van der Waals surface area contributed by atoms with Crippen molar-refractivity contribution < 1.29 is 17.4 Å². The van der Waals surface area contributed by atoms with Crippen LogP contribution < -0.4 is 4.18 Å². The molecule has 5 nitrogen and oxygen atoms in total. The number of hydrogen-bond acceptors (Lipinski definition) is 4. The molecule has 3 aromatic rings. The predicted molar refractivity (Wildman–Crippen MR) is 132 cm³/mol. The van der Waals surface area contributed by atoms with E-state index < -0.39 is 16.0 Å². The zero-order valence-corrected chi connectivity index (χ0v) is 20.2. The summed E-state index contributed by atoms with van der Waals surface area (Å²) in [5, 5.41) is 0. The van der Waals surface area contributed by atoms with Crippen LogP contribution in [0.4, 0.5) is 0 Å². The van der Waals surface area contributed by atoms with Crippen LogP contribution in [0.3, 0.4) is 0 Å². The highest BCUT2D eigenvalue weighted by molar-refractivity contribution is 7.87. The minimum atomic E-state index is -3.62. The zero-order chi connectivity index (χ0) is 23.8. The Balaban J connectivity index is 1.96. The molecule has 0 saturated heterocycles. The van der Waals surface area contributed by atoms with E-state index in [0.29, 0.717) is 6.54 Å². The van der Waals surface area contributed by atoms with Crippen LogP contribution in [0, 0.1) is 0 Å². The maximum atomic E-state index is 14.0. The third-order valence-corrected chi connectivity index (χ3v) is 6.90. The molecule has 0 N–H and O–H groups in total. The highest BCUT2D eigenvalue weighted by Crippen LogP contribution is 2.29. The molecule has 33 heavy (non-hydrogen) atoms. The van der Waals surface area contributed by atoms with Crippen molar-refractivity contribution in [2.75, 3.05) is 5.75 Å².